The number of hydrogen-bond acceptors (Lipinski definition) is 5. The largest absolute Gasteiger partial charge is 0.380 e. The van der Waals surface area contributed by atoms with Gasteiger partial charge in [0.15, 0.2) is 0 Å². The van der Waals surface area contributed by atoms with E-state index in [0.29, 0.717) is 24.7 Å². The number of carbonyl (C=O) groups excluding carboxylic acids is 1. The number of anilines is 1. The molecule has 0 aliphatic carbocycles. The van der Waals surface area contributed by atoms with Gasteiger partial charge in [0.25, 0.3) is 5.91 Å². The number of nitrogens with one attached hydrogen (secondary N) is 2. The number of hydrogen-bond donors (Lipinski definition) is 2. The number of amides is 1. The Hall–Kier alpha value is -1.69. The lowest BCUT2D eigenvalue weighted by molar-refractivity contribution is 0.0867. The monoisotopic (exact) mass is 252 g/mol. The van der Waals surface area contributed by atoms with E-state index >= 15 is 0 Å². The summed E-state index contributed by atoms with van der Waals surface area (Å²) in [7, 11) is 0. The smallest absolute Gasteiger partial charge is 0.271 e. The Balaban J connectivity index is 2.50. The Morgan fingerprint density at radius 1 is 1.39 bits per heavy atom. The predicted molar refractivity (Wildman–Crippen MR) is 69.6 cm³/mol. The van der Waals surface area contributed by atoms with Gasteiger partial charge >= 0.3 is 0 Å². The van der Waals surface area contributed by atoms with Crippen molar-refractivity contribution in [2.45, 2.75) is 26.8 Å². The summed E-state index contributed by atoms with van der Waals surface area (Å²) in [5, 5.41) is 5.81. The molecule has 1 atom stereocenters. The van der Waals surface area contributed by atoms with Crippen molar-refractivity contribution < 1.29 is 9.53 Å². The van der Waals surface area contributed by atoms with E-state index in [2.05, 4.69) is 20.6 Å². The number of ether oxygens (including phenoxy) is 1. The lowest BCUT2D eigenvalue weighted by Gasteiger charge is -2.13. The first-order valence-corrected chi connectivity index (χ1v) is 6.11. The fourth-order valence-corrected chi connectivity index (χ4v) is 1.35. The maximum absolute atomic E-state index is 11.8. The molecule has 0 aliphatic rings. The molecule has 1 unspecified atom stereocenters. The molecule has 0 bridgehead atoms. The van der Waals surface area contributed by atoms with Gasteiger partial charge in [-0.1, -0.05) is 0 Å². The predicted octanol–water partition coefficient (Wildman–Crippen LogP) is 1.06. The van der Waals surface area contributed by atoms with Crippen molar-refractivity contribution in [3.05, 3.63) is 18.1 Å². The Morgan fingerprint density at radius 2 is 2.17 bits per heavy atom. The molecule has 0 saturated carbocycles. The lowest BCUT2D eigenvalue weighted by Crippen LogP contribution is -2.36. The van der Waals surface area contributed by atoms with Crippen molar-refractivity contribution in [3.63, 3.8) is 0 Å². The van der Waals surface area contributed by atoms with E-state index in [4.69, 9.17) is 4.74 Å². The topological polar surface area (TPSA) is 76.1 Å². The average Bonchev–Trinajstić information content (AvgIpc) is 2.37. The van der Waals surface area contributed by atoms with Crippen LogP contribution in [0.2, 0.25) is 0 Å². The molecule has 2 N–H and O–H groups in total. The minimum Gasteiger partial charge on any atom is -0.380 e. The minimum absolute atomic E-state index is 0.0484. The number of carbonyl (C=O) groups is 1. The molecule has 1 aromatic heterocycles. The molecule has 0 fully saturated rings. The van der Waals surface area contributed by atoms with Crippen molar-refractivity contribution in [2.24, 2.45) is 0 Å². The molecule has 6 nitrogen and oxygen atoms in total. The molecule has 1 heterocycles. The van der Waals surface area contributed by atoms with Crippen LogP contribution in [0.15, 0.2) is 12.4 Å². The number of aromatic nitrogens is 2. The zero-order chi connectivity index (χ0) is 13.4. The van der Waals surface area contributed by atoms with Crippen molar-refractivity contribution >= 4 is 11.7 Å². The van der Waals surface area contributed by atoms with Crippen LogP contribution in [-0.2, 0) is 4.74 Å². The molecule has 1 aromatic rings. The van der Waals surface area contributed by atoms with E-state index < -0.39 is 0 Å². The zero-order valence-corrected chi connectivity index (χ0v) is 11.1. The van der Waals surface area contributed by atoms with Gasteiger partial charge in [-0.3, -0.25) is 4.79 Å². The minimum atomic E-state index is -0.238. The van der Waals surface area contributed by atoms with Gasteiger partial charge in [0.05, 0.1) is 19.0 Å². The van der Waals surface area contributed by atoms with Crippen LogP contribution in [0.25, 0.3) is 0 Å². The van der Waals surface area contributed by atoms with Gasteiger partial charge < -0.3 is 15.4 Å². The highest BCUT2D eigenvalue weighted by molar-refractivity contribution is 5.92. The second-order valence-corrected chi connectivity index (χ2v) is 3.85. The summed E-state index contributed by atoms with van der Waals surface area (Å²) in [4.78, 5) is 19.9. The van der Waals surface area contributed by atoms with E-state index in [1.165, 1.54) is 6.20 Å². The number of nitrogens with zero attached hydrogens (tertiary/aromatic N) is 2. The van der Waals surface area contributed by atoms with Crippen molar-refractivity contribution in [1.82, 2.24) is 15.3 Å². The van der Waals surface area contributed by atoms with Crippen LogP contribution >= 0.6 is 0 Å². The molecule has 18 heavy (non-hydrogen) atoms. The van der Waals surface area contributed by atoms with E-state index in [9.17, 15) is 4.79 Å². The summed E-state index contributed by atoms with van der Waals surface area (Å²) in [5.74, 6) is 0.425. The van der Waals surface area contributed by atoms with Gasteiger partial charge in [0, 0.05) is 19.2 Å². The summed E-state index contributed by atoms with van der Waals surface area (Å²) in [6, 6.07) is -0.0484. The van der Waals surface area contributed by atoms with Gasteiger partial charge in [0.2, 0.25) is 0 Å². The van der Waals surface area contributed by atoms with Gasteiger partial charge in [-0.25, -0.2) is 9.97 Å². The van der Waals surface area contributed by atoms with Crippen LogP contribution < -0.4 is 10.6 Å². The quantitative estimate of drug-likeness (QED) is 0.759. The molecular weight excluding hydrogens is 232 g/mol. The van der Waals surface area contributed by atoms with Crippen LogP contribution in [-0.4, -0.2) is 41.7 Å². The van der Waals surface area contributed by atoms with Crippen LogP contribution in [0.4, 0.5) is 5.82 Å². The summed E-state index contributed by atoms with van der Waals surface area (Å²) in [5.41, 5.74) is 0.306. The van der Waals surface area contributed by atoms with Crippen molar-refractivity contribution in [2.75, 3.05) is 25.1 Å². The molecule has 0 aromatic carbocycles. The zero-order valence-electron chi connectivity index (χ0n) is 11.1. The third-order valence-electron chi connectivity index (χ3n) is 2.19. The second-order valence-electron chi connectivity index (χ2n) is 3.85. The fourth-order valence-electron chi connectivity index (χ4n) is 1.35. The van der Waals surface area contributed by atoms with Crippen LogP contribution in [0.1, 0.15) is 31.3 Å². The molecular formula is C12H20N4O2. The first-order chi connectivity index (χ1) is 8.67. The summed E-state index contributed by atoms with van der Waals surface area (Å²) in [6.07, 6.45) is 3.01. The Labute approximate surface area is 107 Å². The standard InChI is InChI=1S/C12H20N4O2/c1-4-13-11-7-14-10(6-15-11)12(17)16-9(3)8-18-5-2/h6-7,9H,4-5,8H2,1-3H3,(H,13,15)(H,16,17). The van der Waals surface area contributed by atoms with E-state index in [1.54, 1.807) is 6.20 Å². The molecule has 0 radical (unpaired) electrons. The highest BCUT2D eigenvalue weighted by atomic mass is 16.5. The first-order valence-electron chi connectivity index (χ1n) is 6.11. The SMILES string of the molecule is CCNc1cnc(C(=O)NC(C)COCC)cn1. The summed E-state index contributed by atoms with van der Waals surface area (Å²) >= 11 is 0. The van der Waals surface area contributed by atoms with Gasteiger partial charge in [-0.15, -0.1) is 0 Å². The molecule has 0 saturated heterocycles. The normalized spacial score (nSPS) is 11.9. The summed E-state index contributed by atoms with van der Waals surface area (Å²) < 4.78 is 5.22. The Kier molecular flexibility index (Phi) is 6.07. The van der Waals surface area contributed by atoms with Gasteiger partial charge in [0.1, 0.15) is 11.5 Å². The molecule has 0 aliphatic heterocycles. The first kappa shape index (κ1) is 14.4. The maximum atomic E-state index is 11.8. The van der Waals surface area contributed by atoms with Gasteiger partial charge in [-0.2, -0.15) is 0 Å². The molecule has 0 spiro atoms. The average molecular weight is 252 g/mol. The van der Waals surface area contributed by atoms with E-state index in [-0.39, 0.29) is 11.9 Å². The van der Waals surface area contributed by atoms with Crippen LogP contribution in [0.5, 0.6) is 0 Å². The Morgan fingerprint density at radius 3 is 2.72 bits per heavy atom. The fraction of sp³-hybridized carbons (Fsp3) is 0.583. The highest BCUT2D eigenvalue weighted by Gasteiger charge is 2.11. The third-order valence-corrected chi connectivity index (χ3v) is 2.19. The van der Waals surface area contributed by atoms with Crippen molar-refractivity contribution in [3.8, 4) is 0 Å². The van der Waals surface area contributed by atoms with Crippen LogP contribution in [0, 0.1) is 0 Å². The highest BCUT2D eigenvalue weighted by Crippen LogP contribution is 2.00. The second kappa shape index (κ2) is 7.60. The molecule has 100 valence electrons. The molecule has 6 heteroatoms. The maximum Gasteiger partial charge on any atom is 0.271 e. The number of rotatable bonds is 7. The van der Waals surface area contributed by atoms with E-state index in [1.807, 2.05) is 20.8 Å². The van der Waals surface area contributed by atoms with E-state index in [0.717, 1.165) is 6.54 Å². The molecule has 1 rings (SSSR count). The van der Waals surface area contributed by atoms with Gasteiger partial charge in [-0.05, 0) is 20.8 Å². The lowest BCUT2D eigenvalue weighted by atomic mass is 10.3. The third kappa shape index (κ3) is 4.67. The molecule has 1 amide bonds. The van der Waals surface area contributed by atoms with Crippen molar-refractivity contribution in [1.29, 1.82) is 0 Å². The summed E-state index contributed by atoms with van der Waals surface area (Å²) in [6.45, 7) is 7.67. The Bertz CT molecular complexity index is 367. The van der Waals surface area contributed by atoms with Crippen LogP contribution in [0.3, 0.4) is 0 Å².